The zero-order chi connectivity index (χ0) is 25.5. The first-order valence-electron chi connectivity index (χ1n) is 11.6. The third-order valence-electron chi connectivity index (χ3n) is 4.97. The van der Waals surface area contributed by atoms with E-state index < -0.39 is 29.7 Å². The summed E-state index contributed by atoms with van der Waals surface area (Å²) in [5, 5.41) is 15.6. The number of unbranched alkanes of at least 4 members (excludes halogenated alkanes) is 1. The number of amides is 2. The Labute approximate surface area is 206 Å². The number of allylic oxidation sites excluding steroid dienone is 2. The number of ether oxygens (including phenoxy) is 1. The van der Waals surface area contributed by atoms with Gasteiger partial charge in [-0.1, -0.05) is 30.4 Å². The molecule has 0 aromatic carbocycles. The summed E-state index contributed by atoms with van der Waals surface area (Å²) in [4.78, 5) is 48.8. The summed E-state index contributed by atoms with van der Waals surface area (Å²) in [7, 11) is 0. The van der Waals surface area contributed by atoms with Gasteiger partial charge in [-0.25, -0.2) is 4.79 Å². The molecule has 0 aliphatic heterocycles. The Morgan fingerprint density at radius 1 is 1.12 bits per heavy atom. The quantitative estimate of drug-likeness (QED) is 0.119. The summed E-state index contributed by atoms with van der Waals surface area (Å²) >= 11 is 5.50. The number of carbonyl (C=O) groups is 4. The molecule has 9 nitrogen and oxygen atoms in total. The van der Waals surface area contributed by atoms with Crippen LogP contribution in [0.2, 0.25) is 0 Å². The Bertz CT molecular complexity index is 822. The molecule has 0 spiro atoms. The minimum absolute atomic E-state index is 0.0269. The molecule has 0 aromatic heterocycles. The normalized spacial score (nSPS) is 14.4. The van der Waals surface area contributed by atoms with Gasteiger partial charge >= 0.3 is 5.97 Å². The SMILES string of the molecule is CC(=O)NCCCC[C@H](NC(=S)C1=CCCC=C1)C(=O)N[C@@H](CCC(=O)C=N)C(=O)OC(C)C. The summed E-state index contributed by atoms with van der Waals surface area (Å²) in [6.45, 7) is 5.34. The van der Waals surface area contributed by atoms with Gasteiger partial charge in [-0.15, -0.1) is 0 Å². The highest BCUT2D eigenvalue weighted by atomic mass is 32.1. The van der Waals surface area contributed by atoms with Crippen molar-refractivity contribution in [3.05, 3.63) is 23.8 Å². The lowest BCUT2D eigenvalue weighted by atomic mass is 10.0. The smallest absolute Gasteiger partial charge is 0.328 e. The second-order valence-electron chi connectivity index (χ2n) is 8.34. The van der Waals surface area contributed by atoms with Crippen molar-refractivity contribution in [2.24, 2.45) is 0 Å². The molecule has 0 unspecified atom stereocenters. The van der Waals surface area contributed by atoms with Crippen molar-refractivity contribution in [2.75, 3.05) is 6.54 Å². The zero-order valence-electron chi connectivity index (χ0n) is 20.1. The fourth-order valence-corrected chi connectivity index (χ4v) is 3.52. The highest BCUT2D eigenvalue weighted by Crippen LogP contribution is 2.13. The number of ketones is 1. The van der Waals surface area contributed by atoms with E-state index in [0.717, 1.165) is 18.4 Å². The third-order valence-corrected chi connectivity index (χ3v) is 5.32. The van der Waals surface area contributed by atoms with Crippen molar-refractivity contribution in [1.82, 2.24) is 16.0 Å². The topological polar surface area (TPSA) is 137 Å². The molecule has 2 atom stereocenters. The lowest BCUT2D eigenvalue weighted by molar-refractivity contribution is -0.151. The van der Waals surface area contributed by atoms with Crippen LogP contribution >= 0.6 is 12.2 Å². The van der Waals surface area contributed by atoms with Crippen molar-refractivity contribution in [3.8, 4) is 0 Å². The summed E-state index contributed by atoms with van der Waals surface area (Å²) in [5.74, 6) is -1.63. The number of nitrogens with one attached hydrogen (secondary N) is 4. The molecule has 0 heterocycles. The van der Waals surface area contributed by atoms with Gasteiger partial charge in [0.05, 0.1) is 12.3 Å². The zero-order valence-corrected chi connectivity index (χ0v) is 21.0. The minimum Gasteiger partial charge on any atom is -0.461 e. The number of hydrogen-bond donors (Lipinski definition) is 4. The summed E-state index contributed by atoms with van der Waals surface area (Å²) in [6.07, 6.45) is 9.75. The number of rotatable bonds is 15. The second kappa shape index (κ2) is 15.9. The molecule has 1 aliphatic carbocycles. The molecule has 0 fully saturated rings. The van der Waals surface area contributed by atoms with Gasteiger partial charge in [-0.05, 0) is 52.4 Å². The first kappa shape index (κ1) is 29.2. The van der Waals surface area contributed by atoms with Crippen LogP contribution < -0.4 is 16.0 Å². The summed E-state index contributed by atoms with van der Waals surface area (Å²) in [6, 6.07) is -1.74. The van der Waals surface area contributed by atoms with Crippen molar-refractivity contribution in [3.63, 3.8) is 0 Å². The molecular weight excluding hydrogens is 456 g/mol. The molecular formula is C24H36N4O5S. The number of esters is 1. The molecule has 34 heavy (non-hydrogen) atoms. The lowest BCUT2D eigenvalue weighted by Gasteiger charge is -2.24. The molecule has 1 rings (SSSR count). The molecule has 0 saturated carbocycles. The van der Waals surface area contributed by atoms with Gasteiger partial charge < -0.3 is 26.1 Å². The van der Waals surface area contributed by atoms with Crippen molar-refractivity contribution in [2.45, 2.75) is 83.9 Å². The van der Waals surface area contributed by atoms with Crippen molar-refractivity contribution >= 4 is 47.0 Å². The highest BCUT2D eigenvalue weighted by molar-refractivity contribution is 7.80. The third kappa shape index (κ3) is 11.8. The number of thiocarbonyl (C=S) groups is 1. The van der Waals surface area contributed by atoms with Crippen LogP contribution in [0.4, 0.5) is 0 Å². The van der Waals surface area contributed by atoms with Gasteiger partial charge in [0.2, 0.25) is 11.8 Å². The molecule has 188 valence electrons. The van der Waals surface area contributed by atoms with Gasteiger partial charge in [-0.3, -0.25) is 14.4 Å². The van der Waals surface area contributed by atoms with E-state index in [4.69, 9.17) is 22.4 Å². The predicted molar refractivity (Wildman–Crippen MR) is 135 cm³/mol. The summed E-state index contributed by atoms with van der Waals surface area (Å²) < 4.78 is 5.24. The van der Waals surface area contributed by atoms with Crippen LogP contribution in [0.3, 0.4) is 0 Å². The summed E-state index contributed by atoms with van der Waals surface area (Å²) in [5.41, 5.74) is 0.838. The molecule has 1 aliphatic rings. The Morgan fingerprint density at radius 3 is 2.44 bits per heavy atom. The number of hydrogen-bond acceptors (Lipinski definition) is 7. The van der Waals surface area contributed by atoms with Gasteiger partial charge in [0.15, 0.2) is 5.78 Å². The van der Waals surface area contributed by atoms with Crippen LogP contribution in [0.15, 0.2) is 23.8 Å². The lowest BCUT2D eigenvalue weighted by Crippen LogP contribution is -2.52. The standard InChI is InChI=1S/C24H36N4O5S/c1-16(2)33-24(32)21(13-12-19(30)15-25)27-22(31)20(11-7-8-14-26-17(3)29)28-23(34)18-9-5-4-6-10-18/h5,9-10,15-16,20-21,25H,4,6-8,11-14H2,1-3H3,(H,26,29)(H,27,31)(H,28,34)/t20-,21-/m0/s1. The maximum Gasteiger partial charge on any atom is 0.328 e. The molecule has 0 saturated heterocycles. The van der Waals surface area contributed by atoms with E-state index >= 15 is 0 Å². The first-order valence-corrected chi connectivity index (χ1v) is 12.0. The van der Waals surface area contributed by atoms with Crippen LogP contribution in [-0.2, 0) is 23.9 Å². The van der Waals surface area contributed by atoms with E-state index in [2.05, 4.69) is 16.0 Å². The highest BCUT2D eigenvalue weighted by Gasteiger charge is 2.28. The molecule has 4 N–H and O–H groups in total. The first-order chi connectivity index (χ1) is 16.1. The van der Waals surface area contributed by atoms with E-state index in [-0.39, 0.29) is 24.9 Å². The van der Waals surface area contributed by atoms with Crippen molar-refractivity contribution < 1.29 is 23.9 Å². The van der Waals surface area contributed by atoms with E-state index in [1.807, 2.05) is 18.2 Å². The Balaban J connectivity index is 2.90. The molecule has 2 amide bonds. The average Bonchev–Trinajstić information content (AvgIpc) is 2.79. The van der Waals surface area contributed by atoms with Crippen LogP contribution in [0.5, 0.6) is 0 Å². The number of carbonyl (C=O) groups excluding carboxylic acids is 4. The van der Waals surface area contributed by atoms with E-state index in [0.29, 0.717) is 37.0 Å². The molecule has 0 aromatic rings. The van der Waals surface area contributed by atoms with Gasteiger partial charge in [-0.2, -0.15) is 0 Å². The Morgan fingerprint density at radius 2 is 1.85 bits per heavy atom. The van der Waals surface area contributed by atoms with Crippen LogP contribution in [-0.4, -0.2) is 59.5 Å². The van der Waals surface area contributed by atoms with E-state index in [1.165, 1.54) is 6.92 Å². The second-order valence-corrected chi connectivity index (χ2v) is 8.75. The fraction of sp³-hybridized carbons (Fsp3) is 0.583. The number of Topliss-reactive ketones (excluding diaryl/α,β-unsaturated/α-hetero) is 1. The van der Waals surface area contributed by atoms with Crippen LogP contribution in [0.1, 0.15) is 65.7 Å². The van der Waals surface area contributed by atoms with Gasteiger partial charge in [0.1, 0.15) is 17.1 Å². The maximum absolute atomic E-state index is 13.2. The van der Waals surface area contributed by atoms with Crippen LogP contribution in [0, 0.1) is 5.41 Å². The largest absolute Gasteiger partial charge is 0.461 e. The van der Waals surface area contributed by atoms with E-state index in [1.54, 1.807) is 13.8 Å². The molecule has 0 radical (unpaired) electrons. The predicted octanol–water partition coefficient (Wildman–Crippen LogP) is 2.29. The monoisotopic (exact) mass is 492 g/mol. The van der Waals surface area contributed by atoms with E-state index in [9.17, 15) is 19.2 Å². The maximum atomic E-state index is 13.2. The molecule has 0 bridgehead atoms. The Hall–Kier alpha value is -2.88. The van der Waals surface area contributed by atoms with Gasteiger partial charge in [0.25, 0.3) is 0 Å². The van der Waals surface area contributed by atoms with Crippen molar-refractivity contribution in [1.29, 1.82) is 5.41 Å². The fourth-order valence-electron chi connectivity index (χ4n) is 3.22. The molecule has 10 heteroatoms. The minimum atomic E-state index is -1.02. The van der Waals surface area contributed by atoms with Crippen LogP contribution in [0.25, 0.3) is 0 Å². The van der Waals surface area contributed by atoms with Gasteiger partial charge in [0, 0.05) is 25.5 Å². The Kier molecular flexibility index (Phi) is 13.6. The average molecular weight is 493 g/mol.